The predicted molar refractivity (Wildman–Crippen MR) is 206 cm³/mol. The highest BCUT2D eigenvalue weighted by atomic mass is 32.2. The van der Waals surface area contributed by atoms with Gasteiger partial charge in [0.05, 0.1) is 38.4 Å². The number of rotatable bonds is 11. The highest BCUT2D eigenvalue weighted by molar-refractivity contribution is 8.17. The molecule has 6 bridgehead atoms. The Morgan fingerprint density at radius 3 is 2.21 bits per heavy atom. The van der Waals surface area contributed by atoms with Crippen LogP contribution in [0, 0.1) is 51.8 Å². The van der Waals surface area contributed by atoms with Crippen molar-refractivity contribution in [2.24, 2.45) is 51.8 Å². The number of aliphatic hydroxyl groups is 2. The number of carbonyl (C=O) groups excluding carboxylic acids is 3. The van der Waals surface area contributed by atoms with Crippen molar-refractivity contribution in [3.05, 3.63) is 11.6 Å². The second kappa shape index (κ2) is 15.9. The average Bonchev–Trinajstić information content (AvgIpc) is 3.10. The molecule has 5 saturated carbocycles. The van der Waals surface area contributed by atoms with Gasteiger partial charge in [-0.2, -0.15) is 17.2 Å². The molecule has 10 atom stereocenters. The molecular weight excluding hydrogens is 791 g/mol. The first kappa shape index (κ1) is 42.7. The van der Waals surface area contributed by atoms with Crippen LogP contribution in [0.3, 0.4) is 0 Å². The van der Waals surface area contributed by atoms with E-state index in [-0.39, 0.29) is 47.5 Å². The molecular formula is C40H58F2O11S3. The molecule has 16 heteroatoms. The van der Waals surface area contributed by atoms with Gasteiger partial charge in [0.2, 0.25) is 0 Å². The van der Waals surface area contributed by atoms with Gasteiger partial charge in [0.15, 0.2) is 6.61 Å². The number of hydrogen-bond acceptors (Lipinski definition) is 12. The molecule has 1 aliphatic heterocycles. The van der Waals surface area contributed by atoms with Crippen molar-refractivity contribution in [1.29, 1.82) is 0 Å². The van der Waals surface area contributed by atoms with Crippen LogP contribution in [-0.2, 0) is 38.7 Å². The van der Waals surface area contributed by atoms with Crippen LogP contribution in [0.5, 0.6) is 0 Å². The molecule has 6 fully saturated rings. The van der Waals surface area contributed by atoms with Gasteiger partial charge in [-0.3, -0.25) is 18.9 Å². The fourth-order valence-corrected chi connectivity index (χ4v) is 15.6. The SMILES string of the molecule is CC1CC2CC(C(=O)OCC3(COC(=O)C45CC(C)CC(CC(O)C4)C5)CSC(C4C=C5CCCC(C(=O)OCC(F)(F)S(=O)(=O)O)(C5)C4)SC3)CC(O)(C1)C2. The van der Waals surface area contributed by atoms with Crippen molar-refractivity contribution < 1.29 is 60.6 Å². The number of thioether (sulfide) groups is 2. The van der Waals surface area contributed by atoms with Crippen molar-refractivity contribution in [3.63, 3.8) is 0 Å². The van der Waals surface area contributed by atoms with E-state index in [1.807, 2.05) is 0 Å². The van der Waals surface area contributed by atoms with E-state index in [0.717, 1.165) is 24.8 Å². The smallest absolute Gasteiger partial charge is 0.402 e. The summed E-state index contributed by atoms with van der Waals surface area (Å²) < 4.78 is 76.5. The van der Waals surface area contributed by atoms with Gasteiger partial charge in [0, 0.05) is 11.5 Å². The Balaban J connectivity index is 1.04. The molecule has 0 spiro atoms. The van der Waals surface area contributed by atoms with Crippen molar-refractivity contribution in [1.82, 2.24) is 0 Å². The Labute approximate surface area is 337 Å². The van der Waals surface area contributed by atoms with Crippen molar-refractivity contribution >= 4 is 51.5 Å². The summed E-state index contributed by atoms with van der Waals surface area (Å²) in [5.74, 6) is 0.135. The van der Waals surface area contributed by atoms with Crippen molar-refractivity contribution in [2.45, 2.75) is 132 Å². The Kier molecular flexibility index (Phi) is 12.1. The number of carbonyl (C=O) groups is 3. The van der Waals surface area contributed by atoms with Crippen LogP contribution < -0.4 is 0 Å². The van der Waals surface area contributed by atoms with Gasteiger partial charge in [-0.15, -0.1) is 23.5 Å². The lowest BCUT2D eigenvalue weighted by Crippen LogP contribution is -2.50. The molecule has 10 unspecified atom stereocenters. The quantitative estimate of drug-likeness (QED) is 0.0885. The average molecular weight is 849 g/mol. The Hall–Kier alpha value is -1.46. The third kappa shape index (κ3) is 9.00. The lowest BCUT2D eigenvalue weighted by Gasteiger charge is -2.48. The minimum atomic E-state index is -5.76. The van der Waals surface area contributed by atoms with Crippen LogP contribution in [-0.4, -0.2) is 94.0 Å². The third-order valence-electron chi connectivity index (χ3n) is 14.0. The van der Waals surface area contributed by atoms with Crippen LogP contribution >= 0.6 is 23.5 Å². The normalized spacial score (nSPS) is 42.5. The molecule has 0 aromatic carbocycles. The van der Waals surface area contributed by atoms with E-state index < -0.39 is 61.8 Å². The second-order valence-corrected chi connectivity index (χ2v) is 23.4. The van der Waals surface area contributed by atoms with Crippen LogP contribution in [0.2, 0.25) is 0 Å². The first-order valence-electron chi connectivity index (χ1n) is 20.4. The predicted octanol–water partition coefficient (Wildman–Crippen LogP) is 6.55. The minimum absolute atomic E-state index is 0.0283. The topological polar surface area (TPSA) is 174 Å². The van der Waals surface area contributed by atoms with Gasteiger partial charge in [0.1, 0.15) is 13.2 Å². The fraction of sp³-hybridized carbons (Fsp3) is 0.875. The van der Waals surface area contributed by atoms with Crippen LogP contribution in [0.15, 0.2) is 11.6 Å². The third-order valence-corrected chi connectivity index (χ3v) is 18.6. The van der Waals surface area contributed by atoms with Gasteiger partial charge in [-0.1, -0.05) is 25.5 Å². The minimum Gasteiger partial charge on any atom is -0.465 e. The molecule has 6 aliphatic carbocycles. The number of alkyl halides is 2. The van der Waals surface area contributed by atoms with E-state index in [1.165, 1.54) is 0 Å². The number of halogens is 2. The molecule has 0 amide bonds. The molecule has 56 heavy (non-hydrogen) atoms. The summed E-state index contributed by atoms with van der Waals surface area (Å²) in [6, 6.07) is 0. The van der Waals surface area contributed by atoms with Crippen LogP contribution in [0.4, 0.5) is 8.78 Å². The molecule has 11 nitrogen and oxygen atoms in total. The first-order valence-corrected chi connectivity index (χ1v) is 23.9. The van der Waals surface area contributed by atoms with E-state index >= 15 is 0 Å². The molecule has 3 N–H and O–H groups in total. The summed E-state index contributed by atoms with van der Waals surface area (Å²) in [5, 5.41) is 17.4. The number of aliphatic hydroxyl groups excluding tert-OH is 1. The van der Waals surface area contributed by atoms with E-state index in [4.69, 9.17) is 18.8 Å². The number of hydrogen-bond donors (Lipinski definition) is 3. The van der Waals surface area contributed by atoms with Gasteiger partial charge < -0.3 is 24.4 Å². The maximum Gasteiger partial charge on any atom is 0.402 e. The van der Waals surface area contributed by atoms with Gasteiger partial charge >= 0.3 is 33.3 Å². The highest BCUT2D eigenvalue weighted by Crippen LogP contribution is 2.56. The molecule has 0 aromatic rings. The van der Waals surface area contributed by atoms with Crippen LogP contribution in [0.25, 0.3) is 0 Å². The monoisotopic (exact) mass is 848 g/mol. The summed E-state index contributed by atoms with van der Waals surface area (Å²) in [7, 11) is -5.76. The number of allylic oxidation sites excluding steroid dienone is 2. The van der Waals surface area contributed by atoms with Gasteiger partial charge in [0.25, 0.3) is 0 Å². The molecule has 1 heterocycles. The van der Waals surface area contributed by atoms with E-state index in [0.29, 0.717) is 100 Å². The van der Waals surface area contributed by atoms with E-state index in [9.17, 15) is 41.8 Å². The molecule has 0 aromatic heterocycles. The fourth-order valence-electron chi connectivity index (χ4n) is 12.0. The Morgan fingerprint density at radius 1 is 0.857 bits per heavy atom. The Morgan fingerprint density at radius 2 is 1.52 bits per heavy atom. The highest BCUT2D eigenvalue weighted by Gasteiger charge is 2.54. The first-order chi connectivity index (χ1) is 26.2. The summed E-state index contributed by atoms with van der Waals surface area (Å²) >= 11 is 3.25. The van der Waals surface area contributed by atoms with Gasteiger partial charge in [-0.05, 0) is 126 Å². The largest absolute Gasteiger partial charge is 0.465 e. The molecule has 7 aliphatic rings. The summed E-state index contributed by atoms with van der Waals surface area (Å²) in [6.07, 6.45) is 10.9. The van der Waals surface area contributed by atoms with Crippen molar-refractivity contribution in [3.8, 4) is 0 Å². The second-order valence-electron chi connectivity index (χ2n) is 19.3. The number of fused-ring (bicyclic) bond motifs is 6. The molecule has 7 rings (SSSR count). The number of ether oxygens (including phenoxy) is 3. The van der Waals surface area contributed by atoms with E-state index in [2.05, 4.69) is 19.9 Å². The summed E-state index contributed by atoms with van der Waals surface area (Å²) in [4.78, 5) is 41.1. The number of esters is 3. The maximum absolute atomic E-state index is 14.0. The zero-order valence-electron chi connectivity index (χ0n) is 32.4. The van der Waals surface area contributed by atoms with Gasteiger partial charge in [-0.25, -0.2) is 0 Å². The van der Waals surface area contributed by atoms with Crippen molar-refractivity contribution in [2.75, 3.05) is 31.3 Å². The molecule has 316 valence electrons. The summed E-state index contributed by atoms with van der Waals surface area (Å²) in [6.45, 7) is 2.58. The van der Waals surface area contributed by atoms with Crippen LogP contribution in [0.1, 0.15) is 110 Å². The lowest BCUT2D eigenvalue weighted by atomic mass is 9.58. The summed E-state index contributed by atoms with van der Waals surface area (Å²) in [5.41, 5.74) is -2.42. The molecule has 0 radical (unpaired) electrons. The zero-order valence-corrected chi connectivity index (χ0v) is 34.9. The Bertz CT molecular complexity index is 1640. The zero-order chi connectivity index (χ0) is 40.3. The van der Waals surface area contributed by atoms with E-state index in [1.54, 1.807) is 23.5 Å². The lowest BCUT2D eigenvalue weighted by molar-refractivity contribution is -0.173. The maximum atomic E-state index is 14.0. The standard InChI is InChI=1S/C40H58F2O11S3/c1-24-6-28-10-31(43)18-38(11-24,14-28)35(46)52-20-36(19-51-32(44)29-9-27-7-25(2)12-39(47,15-27)17-29)22-54-33(55-23-36)30-8-26-4-3-5-37(13-26,16-30)34(45)53-21-40(41,42)56(48,49)50/h8,24-25,27-31,33,43,47H,3-7,9-23H2,1-2H3,(H,48,49,50). The molecule has 1 saturated heterocycles.